The van der Waals surface area contributed by atoms with E-state index in [4.69, 9.17) is 5.14 Å². The summed E-state index contributed by atoms with van der Waals surface area (Å²) in [5.74, 6) is 0.615. The molecule has 2 heterocycles. The standard InChI is InChI=1S/C16H20N4O2S/c1-20-10-8-12(13-5-2-3-6-14(13)20)11-19-16-15(23(17,21)22)7-4-9-18-16/h2-7,9,12H,8,10-11H2,1H3,(H,18,19)(H2,17,21,22). The maximum absolute atomic E-state index is 11.6. The van der Waals surface area contributed by atoms with Crippen molar-refractivity contribution in [3.8, 4) is 0 Å². The highest BCUT2D eigenvalue weighted by Gasteiger charge is 2.23. The summed E-state index contributed by atoms with van der Waals surface area (Å²) in [6.07, 6.45) is 2.55. The SMILES string of the molecule is CN1CCC(CNc2ncccc2S(N)(=O)=O)c2ccccc21. The van der Waals surface area contributed by atoms with E-state index in [9.17, 15) is 8.42 Å². The van der Waals surface area contributed by atoms with Gasteiger partial charge in [0.1, 0.15) is 10.7 Å². The number of anilines is 2. The number of para-hydroxylation sites is 1. The van der Waals surface area contributed by atoms with Crippen LogP contribution in [0.2, 0.25) is 0 Å². The van der Waals surface area contributed by atoms with Crippen molar-refractivity contribution in [2.24, 2.45) is 5.14 Å². The normalized spacial score (nSPS) is 17.7. The molecule has 0 saturated carbocycles. The Bertz CT molecular complexity index is 807. The lowest BCUT2D eigenvalue weighted by molar-refractivity contribution is 0.596. The number of nitrogens with two attached hydrogens (primary N) is 1. The second kappa shape index (κ2) is 6.17. The Kier molecular flexibility index (Phi) is 4.23. The van der Waals surface area contributed by atoms with Gasteiger partial charge < -0.3 is 10.2 Å². The van der Waals surface area contributed by atoms with Gasteiger partial charge in [-0.1, -0.05) is 18.2 Å². The zero-order chi connectivity index (χ0) is 16.4. The Hall–Kier alpha value is -2.12. The first-order valence-electron chi connectivity index (χ1n) is 7.48. The highest BCUT2D eigenvalue weighted by Crippen LogP contribution is 2.34. The fourth-order valence-corrected chi connectivity index (χ4v) is 3.65. The van der Waals surface area contributed by atoms with Crippen LogP contribution in [0, 0.1) is 0 Å². The number of nitrogens with zero attached hydrogens (tertiary/aromatic N) is 2. The van der Waals surface area contributed by atoms with Crippen LogP contribution in [0.25, 0.3) is 0 Å². The van der Waals surface area contributed by atoms with E-state index in [2.05, 4.69) is 34.4 Å². The molecule has 1 aliphatic rings. The lowest BCUT2D eigenvalue weighted by Crippen LogP contribution is -2.30. The molecule has 122 valence electrons. The number of pyridine rings is 1. The van der Waals surface area contributed by atoms with Gasteiger partial charge >= 0.3 is 0 Å². The summed E-state index contributed by atoms with van der Waals surface area (Å²) < 4.78 is 23.3. The van der Waals surface area contributed by atoms with E-state index in [1.165, 1.54) is 17.3 Å². The molecule has 0 fully saturated rings. The third-order valence-corrected chi connectivity index (χ3v) is 5.14. The van der Waals surface area contributed by atoms with Gasteiger partial charge in [-0.25, -0.2) is 18.5 Å². The minimum absolute atomic E-state index is 0.0289. The number of hydrogen-bond acceptors (Lipinski definition) is 5. The van der Waals surface area contributed by atoms with Crippen molar-refractivity contribution >= 4 is 21.5 Å². The molecule has 1 aliphatic heterocycles. The minimum Gasteiger partial charge on any atom is -0.374 e. The van der Waals surface area contributed by atoms with Crippen LogP contribution in [0.5, 0.6) is 0 Å². The topological polar surface area (TPSA) is 88.3 Å². The molecule has 0 saturated heterocycles. The first-order valence-corrected chi connectivity index (χ1v) is 9.03. The molecule has 0 aliphatic carbocycles. The van der Waals surface area contributed by atoms with Crippen molar-refractivity contribution < 1.29 is 8.42 Å². The number of nitrogens with one attached hydrogen (secondary N) is 1. The van der Waals surface area contributed by atoms with Gasteiger partial charge in [-0.15, -0.1) is 0 Å². The van der Waals surface area contributed by atoms with E-state index in [-0.39, 0.29) is 4.90 Å². The zero-order valence-corrected chi connectivity index (χ0v) is 13.8. The molecule has 1 aromatic heterocycles. The van der Waals surface area contributed by atoms with Gasteiger partial charge in [-0.05, 0) is 30.2 Å². The van der Waals surface area contributed by atoms with Crippen LogP contribution in [-0.2, 0) is 10.0 Å². The average Bonchev–Trinajstić information content (AvgIpc) is 2.54. The first-order chi connectivity index (χ1) is 11.0. The smallest absolute Gasteiger partial charge is 0.241 e. The molecule has 3 rings (SSSR count). The number of fused-ring (bicyclic) bond motifs is 1. The van der Waals surface area contributed by atoms with Crippen molar-refractivity contribution in [1.82, 2.24) is 4.98 Å². The maximum atomic E-state index is 11.6. The van der Waals surface area contributed by atoms with Crippen LogP contribution in [-0.4, -0.2) is 33.5 Å². The number of aromatic nitrogens is 1. The molecule has 3 N–H and O–H groups in total. The lowest BCUT2D eigenvalue weighted by atomic mass is 9.90. The van der Waals surface area contributed by atoms with E-state index in [1.807, 2.05) is 12.1 Å². The summed E-state index contributed by atoms with van der Waals surface area (Å²) in [5.41, 5.74) is 2.49. The lowest BCUT2D eigenvalue weighted by Gasteiger charge is -2.33. The van der Waals surface area contributed by atoms with E-state index >= 15 is 0 Å². The highest BCUT2D eigenvalue weighted by atomic mass is 32.2. The molecule has 6 nitrogen and oxygen atoms in total. The second-order valence-electron chi connectivity index (χ2n) is 5.74. The van der Waals surface area contributed by atoms with Crippen LogP contribution in [0.1, 0.15) is 17.9 Å². The van der Waals surface area contributed by atoms with Crippen LogP contribution in [0.15, 0.2) is 47.5 Å². The molecular formula is C16H20N4O2S. The second-order valence-corrected chi connectivity index (χ2v) is 7.27. The number of benzene rings is 1. The van der Waals surface area contributed by atoms with Crippen molar-refractivity contribution in [1.29, 1.82) is 0 Å². The summed E-state index contributed by atoms with van der Waals surface area (Å²) >= 11 is 0. The molecule has 23 heavy (non-hydrogen) atoms. The number of hydrogen-bond donors (Lipinski definition) is 2. The number of primary sulfonamides is 1. The van der Waals surface area contributed by atoms with E-state index in [1.54, 1.807) is 12.3 Å². The largest absolute Gasteiger partial charge is 0.374 e. The third kappa shape index (κ3) is 3.30. The predicted octanol–water partition coefficient (Wildman–Crippen LogP) is 1.76. The quantitative estimate of drug-likeness (QED) is 0.891. The van der Waals surface area contributed by atoms with Gasteiger partial charge in [0.2, 0.25) is 10.0 Å². The van der Waals surface area contributed by atoms with Crippen LogP contribution >= 0.6 is 0 Å². The van der Waals surface area contributed by atoms with Crippen LogP contribution in [0.3, 0.4) is 0 Å². The van der Waals surface area contributed by atoms with Gasteiger partial charge in [-0.3, -0.25) is 0 Å². The highest BCUT2D eigenvalue weighted by molar-refractivity contribution is 7.89. The Balaban J connectivity index is 1.82. The summed E-state index contributed by atoms with van der Waals surface area (Å²) in [5, 5.41) is 8.40. The summed E-state index contributed by atoms with van der Waals surface area (Å²) in [6, 6.07) is 11.3. The molecule has 0 radical (unpaired) electrons. The summed E-state index contributed by atoms with van der Waals surface area (Å²) in [4.78, 5) is 6.39. The van der Waals surface area contributed by atoms with Gasteiger partial charge in [0.05, 0.1) is 0 Å². The van der Waals surface area contributed by atoms with Gasteiger partial charge in [0.25, 0.3) is 0 Å². The number of rotatable bonds is 4. The fourth-order valence-electron chi connectivity index (χ4n) is 2.99. The van der Waals surface area contributed by atoms with Gasteiger partial charge in [0.15, 0.2) is 0 Å². The maximum Gasteiger partial charge on any atom is 0.241 e. The van der Waals surface area contributed by atoms with Gasteiger partial charge in [0, 0.05) is 37.9 Å². The van der Waals surface area contributed by atoms with Crippen molar-refractivity contribution in [2.45, 2.75) is 17.2 Å². The Morgan fingerprint density at radius 3 is 2.87 bits per heavy atom. The van der Waals surface area contributed by atoms with Gasteiger partial charge in [-0.2, -0.15) is 0 Å². The monoisotopic (exact) mass is 332 g/mol. The van der Waals surface area contributed by atoms with Crippen LogP contribution in [0.4, 0.5) is 11.5 Å². The van der Waals surface area contributed by atoms with E-state index in [0.717, 1.165) is 13.0 Å². The zero-order valence-electron chi connectivity index (χ0n) is 12.9. The molecule has 7 heteroatoms. The molecule has 0 spiro atoms. The molecule has 1 unspecified atom stereocenters. The Labute approximate surface area is 136 Å². The van der Waals surface area contributed by atoms with Crippen molar-refractivity contribution in [2.75, 3.05) is 30.4 Å². The molecular weight excluding hydrogens is 312 g/mol. The third-order valence-electron chi connectivity index (χ3n) is 4.19. The van der Waals surface area contributed by atoms with E-state index in [0.29, 0.717) is 18.3 Å². The molecule has 1 atom stereocenters. The molecule has 2 aromatic rings. The number of sulfonamides is 1. The van der Waals surface area contributed by atoms with Crippen molar-refractivity contribution in [3.63, 3.8) is 0 Å². The summed E-state index contributed by atoms with van der Waals surface area (Å²) in [6.45, 7) is 1.58. The Morgan fingerprint density at radius 1 is 1.30 bits per heavy atom. The molecule has 1 aromatic carbocycles. The van der Waals surface area contributed by atoms with Crippen LogP contribution < -0.4 is 15.4 Å². The summed E-state index contributed by atoms with van der Waals surface area (Å²) in [7, 11) is -1.71. The minimum atomic E-state index is -3.79. The Morgan fingerprint density at radius 2 is 2.09 bits per heavy atom. The first kappa shape index (κ1) is 15.8. The molecule has 0 amide bonds. The molecule has 0 bridgehead atoms. The predicted molar refractivity (Wildman–Crippen MR) is 91.2 cm³/mol. The van der Waals surface area contributed by atoms with Crippen molar-refractivity contribution in [3.05, 3.63) is 48.2 Å². The average molecular weight is 332 g/mol. The van der Waals surface area contributed by atoms with E-state index < -0.39 is 10.0 Å². The fraction of sp³-hybridized carbons (Fsp3) is 0.312.